The summed E-state index contributed by atoms with van der Waals surface area (Å²) in [5, 5.41) is 0.665. The Kier molecular flexibility index (Phi) is 9.57. The number of rotatable bonds is 10. The van der Waals surface area contributed by atoms with Crippen LogP contribution >= 0.6 is 11.6 Å². The highest BCUT2D eigenvalue weighted by Gasteiger charge is 2.30. The molecule has 2 aromatic carbocycles. The number of nitrogens with zero attached hydrogens (tertiary/aromatic N) is 1. The van der Waals surface area contributed by atoms with Gasteiger partial charge in [0.15, 0.2) is 0 Å². The van der Waals surface area contributed by atoms with E-state index in [2.05, 4.69) is 42.5 Å². The molecule has 0 aromatic heterocycles. The molecular formula is C30H41ClN2O3S. The highest BCUT2D eigenvalue weighted by Crippen LogP contribution is 2.39. The van der Waals surface area contributed by atoms with E-state index in [0.29, 0.717) is 18.1 Å². The SMILES string of the molecule is CCCc1cc(Cl)ccc1C1COc2ccc(C(=O)NS(=O)C(C)C(C)CC)cc2N(CC2CCC2)C1. The van der Waals surface area contributed by atoms with Crippen molar-refractivity contribution >= 4 is 34.2 Å². The number of hydrogen-bond acceptors (Lipinski definition) is 4. The highest BCUT2D eigenvalue weighted by atomic mass is 35.5. The van der Waals surface area contributed by atoms with Gasteiger partial charge in [0.05, 0.1) is 17.5 Å². The summed E-state index contributed by atoms with van der Waals surface area (Å²) >= 11 is 6.35. The van der Waals surface area contributed by atoms with Gasteiger partial charge in [-0.1, -0.05) is 57.7 Å². The van der Waals surface area contributed by atoms with Crippen molar-refractivity contribution in [3.63, 3.8) is 0 Å². The lowest BCUT2D eigenvalue weighted by Crippen LogP contribution is -2.36. The van der Waals surface area contributed by atoms with Crippen LogP contribution in [0.4, 0.5) is 5.69 Å². The second kappa shape index (κ2) is 12.7. The summed E-state index contributed by atoms with van der Waals surface area (Å²) < 4.78 is 21.9. The number of nitrogens with one attached hydrogen (secondary N) is 1. The van der Waals surface area contributed by atoms with Gasteiger partial charge in [0, 0.05) is 29.6 Å². The van der Waals surface area contributed by atoms with Crippen LogP contribution in [-0.4, -0.2) is 35.1 Å². The summed E-state index contributed by atoms with van der Waals surface area (Å²) in [5.74, 6) is 1.63. The third kappa shape index (κ3) is 6.69. The zero-order chi connectivity index (χ0) is 26.5. The molecular weight excluding hydrogens is 504 g/mol. The fourth-order valence-electron chi connectivity index (χ4n) is 5.23. The minimum Gasteiger partial charge on any atom is -0.491 e. The predicted molar refractivity (Wildman–Crippen MR) is 154 cm³/mol. The second-order valence-corrected chi connectivity index (χ2v) is 12.8. The molecule has 4 rings (SSSR count). The Labute approximate surface area is 229 Å². The van der Waals surface area contributed by atoms with Gasteiger partial charge in [-0.15, -0.1) is 0 Å². The number of hydrogen-bond donors (Lipinski definition) is 1. The average molecular weight is 545 g/mol. The number of anilines is 1. The summed E-state index contributed by atoms with van der Waals surface area (Å²) in [6.45, 7) is 10.6. The maximum Gasteiger partial charge on any atom is 0.263 e. The van der Waals surface area contributed by atoms with Crippen molar-refractivity contribution in [2.75, 3.05) is 24.6 Å². The zero-order valence-corrected chi connectivity index (χ0v) is 24.2. The summed E-state index contributed by atoms with van der Waals surface area (Å²) in [5.41, 5.74) is 4.05. The van der Waals surface area contributed by atoms with Crippen molar-refractivity contribution in [1.82, 2.24) is 4.72 Å². The van der Waals surface area contributed by atoms with Crippen LogP contribution < -0.4 is 14.4 Å². The van der Waals surface area contributed by atoms with E-state index in [1.54, 1.807) is 6.07 Å². The first-order chi connectivity index (χ1) is 17.8. The van der Waals surface area contributed by atoms with E-state index in [-0.39, 0.29) is 23.0 Å². The third-order valence-corrected chi connectivity index (χ3v) is 9.95. The largest absolute Gasteiger partial charge is 0.491 e. The lowest BCUT2D eigenvalue weighted by Gasteiger charge is -2.35. The Morgan fingerprint density at radius 3 is 2.65 bits per heavy atom. The van der Waals surface area contributed by atoms with Gasteiger partial charge in [-0.05, 0) is 79.5 Å². The maximum absolute atomic E-state index is 13.1. The molecule has 0 radical (unpaired) electrons. The Morgan fingerprint density at radius 1 is 1.19 bits per heavy atom. The van der Waals surface area contributed by atoms with Gasteiger partial charge in [0.1, 0.15) is 16.7 Å². The van der Waals surface area contributed by atoms with Crippen molar-refractivity contribution in [3.8, 4) is 5.75 Å². The monoisotopic (exact) mass is 544 g/mol. The first-order valence-corrected chi connectivity index (χ1v) is 15.4. The molecule has 0 saturated heterocycles. The normalized spacial score (nSPS) is 20.1. The minimum atomic E-state index is -1.43. The van der Waals surface area contributed by atoms with Crippen molar-refractivity contribution < 1.29 is 13.7 Å². The Balaban J connectivity index is 1.60. The van der Waals surface area contributed by atoms with Gasteiger partial charge >= 0.3 is 0 Å². The smallest absolute Gasteiger partial charge is 0.263 e. The molecule has 5 nitrogen and oxygen atoms in total. The van der Waals surface area contributed by atoms with Crippen molar-refractivity contribution in [2.24, 2.45) is 11.8 Å². The van der Waals surface area contributed by atoms with Crippen LogP contribution in [0.1, 0.15) is 87.2 Å². The minimum absolute atomic E-state index is 0.106. The molecule has 0 spiro atoms. The van der Waals surface area contributed by atoms with Crippen molar-refractivity contribution in [3.05, 3.63) is 58.1 Å². The van der Waals surface area contributed by atoms with Crippen molar-refractivity contribution in [1.29, 1.82) is 0 Å². The van der Waals surface area contributed by atoms with Crippen LogP contribution in [0.25, 0.3) is 0 Å². The van der Waals surface area contributed by atoms with Gasteiger partial charge in [-0.2, -0.15) is 0 Å². The number of carbonyl (C=O) groups is 1. The topological polar surface area (TPSA) is 58.6 Å². The second-order valence-electron chi connectivity index (χ2n) is 10.8. The van der Waals surface area contributed by atoms with Gasteiger partial charge < -0.3 is 9.64 Å². The molecule has 1 heterocycles. The van der Waals surface area contributed by atoms with E-state index in [1.165, 1.54) is 30.4 Å². The first kappa shape index (κ1) is 28.0. The zero-order valence-electron chi connectivity index (χ0n) is 22.6. The molecule has 1 aliphatic heterocycles. The van der Waals surface area contributed by atoms with Crippen LogP contribution in [0.2, 0.25) is 5.02 Å². The molecule has 202 valence electrons. The third-order valence-electron chi connectivity index (χ3n) is 8.19. The first-order valence-electron chi connectivity index (χ1n) is 13.8. The molecule has 4 unspecified atom stereocenters. The van der Waals surface area contributed by atoms with Crippen LogP contribution in [0.15, 0.2) is 36.4 Å². The standard InChI is InChI=1S/C30H41ClN2O3S/c1-5-8-23-15-26(31)12-13-27(23)25-18-33(17-22-9-7-10-22)28-16-24(11-14-29(28)36-19-25)30(34)32-37(35)21(4)20(3)6-2/h11-16,20-22,25H,5-10,17-19H2,1-4H3,(H,32,34). The van der Waals surface area contributed by atoms with Gasteiger partial charge in [0.25, 0.3) is 5.91 Å². The number of aryl methyl sites for hydroxylation is 1. The molecule has 2 aromatic rings. The predicted octanol–water partition coefficient (Wildman–Crippen LogP) is 6.90. The molecule has 2 aliphatic rings. The fraction of sp³-hybridized carbons (Fsp3) is 0.567. The van der Waals surface area contributed by atoms with Crippen LogP contribution in [0.3, 0.4) is 0 Å². The molecule has 1 amide bonds. The number of ether oxygens (including phenoxy) is 1. The van der Waals surface area contributed by atoms with E-state index in [0.717, 1.165) is 48.8 Å². The van der Waals surface area contributed by atoms with Crippen LogP contribution in [0, 0.1) is 11.8 Å². The molecule has 4 atom stereocenters. The number of fused-ring (bicyclic) bond motifs is 1. The fourth-order valence-corrected chi connectivity index (χ4v) is 6.52. The molecule has 1 N–H and O–H groups in total. The molecule has 37 heavy (non-hydrogen) atoms. The van der Waals surface area contributed by atoms with Crippen LogP contribution in [-0.2, 0) is 17.4 Å². The molecule has 1 fully saturated rings. The molecule has 0 bridgehead atoms. The molecule has 1 aliphatic carbocycles. The van der Waals surface area contributed by atoms with Crippen LogP contribution in [0.5, 0.6) is 5.75 Å². The average Bonchev–Trinajstić information content (AvgIpc) is 3.04. The van der Waals surface area contributed by atoms with Gasteiger partial charge in [0.2, 0.25) is 0 Å². The molecule has 7 heteroatoms. The summed E-state index contributed by atoms with van der Waals surface area (Å²) in [7, 11) is -1.43. The Hall–Kier alpha value is -2.05. The maximum atomic E-state index is 13.1. The Morgan fingerprint density at radius 2 is 1.97 bits per heavy atom. The highest BCUT2D eigenvalue weighted by molar-refractivity contribution is 7.84. The van der Waals surface area contributed by atoms with Gasteiger partial charge in [-0.25, -0.2) is 4.21 Å². The number of halogens is 1. The summed E-state index contributed by atoms with van der Waals surface area (Å²) in [6.07, 6.45) is 6.73. The van der Waals surface area contributed by atoms with Gasteiger partial charge in [-0.3, -0.25) is 9.52 Å². The number of carbonyl (C=O) groups excluding carboxylic acids is 1. The number of amides is 1. The van der Waals surface area contributed by atoms with E-state index < -0.39 is 11.0 Å². The number of benzene rings is 2. The lowest BCUT2D eigenvalue weighted by atomic mass is 9.84. The Bertz CT molecular complexity index is 1120. The van der Waals surface area contributed by atoms with Crippen molar-refractivity contribution in [2.45, 2.75) is 77.4 Å². The van der Waals surface area contributed by atoms with E-state index in [9.17, 15) is 9.00 Å². The van der Waals surface area contributed by atoms with E-state index in [1.807, 2.05) is 25.1 Å². The van der Waals surface area contributed by atoms with E-state index >= 15 is 0 Å². The lowest BCUT2D eigenvalue weighted by molar-refractivity contribution is 0.0982. The summed E-state index contributed by atoms with van der Waals surface area (Å²) in [6, 6.07) is 11.8. The molecule has 1 saturated carbocycles. The quantitative estimate of drug-likeness (QED) is 0.353. The van der Waals surface area contributed by atoms with E-state index in [4.69, 9.17) is 16.3 Å². The summed E-state index contributed by atoms with van der Waals surface area (Å²) in [4.78, 5) is 15.5.